The van der Waals surface area contributed by atoms with Crippen molar-refractivity contribution in [2.45, 2.75) is 431 Å². The molecule has 0 rings (SSSR count). The first-order valence-electron chi connectivity index (χ1n) is 37.8. The smallest absolute Gasteiger partial charge is 0.305 e. The predicted octanol–water partition coefficient (Wildman–Crippen LogP) is 24.7. The predicted molar refractivity (Wildman–Crippen MR) is 366 cm³/mol. The van der Waals surface area contributed by atoms with Crippen molar-refractivity contribution in [1.82, 2.24) is 5.32 Å². The molecule has 2 unspecified atom stereocenters. The summed E-state index contributed by atoms with van der Waals surface area (Å²) < 4.78 is 5.50. The second-order valence-electron chi connectivity index (χ2n) is 26.0. The zero-order valence-corrected chi connectivity index (χ0v) is 56.2. The van der Waals surface area contributed by atoms with Gasteiger partial charge in [0, 0.05) is 12.8 Å². The molecule has 0 heterocycles. The number of nitrogens with one attached hydrogen (secondary N) is 1. The summed E-state index contributed by atoms with van der Waals surface area (Å²) in [5, 5.41) is 23.2. The third-order valence-corrected chi connectivity index (χ3v) is 17.6. The molecule has 83 heavy (non-hydrogen) atoms. The molecule has 0 aromatic carbocycles. The summed E-state index contributed by atoms with van der Waals surface area (Å²) in [5.74, 6) is -0.0508. The maximum Gasteiger partial charge on any atom is 0.305 e. The molecule has 0 saturated carbocycles. The van der Waals surface area contributed by atoms with Gasteiger partial charge >= 0.3 is 5.97 Å². The number of allylic oxidation sites excluding steroid dienone is 5. The van der Waals surface area contributed by atoms with Crippen molar-refractivity contribution in [2.75, 3.05) is 13.2 Å². The summed E-state index contributed by atoms with van der Waals surface area (Å²) in [6.45, 7) is 4.94. The van der Waals surface area contributed by atoms with Crippen LogP contribution in [0, 0.1) is 0 Å². The average molecular weight is 1170 g/mol. The Morgan fingerprint density at radius 1 is 0.325 bits per heavy atom. The number of ether oxygens (including phenoxy) is 1. The summed E-state index contributed by atoms with van der Waals surface area (Å²) in [5.41, 5.74) is 0. The highest BCUT2D eigenvalue weighted by Crippen LogP contribution is 2.19. The minimum atomic E-state index is -0.843. The van der Waals surface area contributed by atoms with Gasteiger partial charge in [-0.25, -0.2) is 0 Å². The molecule has 0 aromatic rings. The fourth-order valence-corrected chi connectivity index (χ4v) is 11.9. The van der Waals surface area contributed by atoms with Crippen LogP contribution in [0.5, 0.6) is 0 Å². The van der Waals surface area contributed by atoms with E-state index in [-0.39, 0.29) is 18.5 Å². The van der Waals surface area contributed by atoms with Gasteiger partial charge in [-0.2, -0.15) is 0 Å². The number of aliphatic hydroxyl groups is 2. The molecule has 0 saturated heterocycles. The largest absolute Gasteiger partial charge is 0.466 e. The lowest BCUT2D eigenvalue weighted by atomic mass is 10.0. The Labute approximate surface area is 519 Å². The van der Waals surface area contributed by atoms with Crippen molar-refractivity contribution in [2.24, 2.45) is 0 Å². The average Bonchev–Trinajstić information content (AvgIpc) is 3.49. The Balaban J connectivity index is 3.37. The van der Waals surface area contributed by atoms with Crippen LogP contribution in [0.1, 0.15) is 418 Å². The minimum Gasteiger partial charge on any atom is -0.466 e. The first-order valence-corrected chi connectivity index (χ1v) is 37.8. The van der Waals surface area contributed by atoms with Gasteiger partial charge < -0.3 is 20.3 Å². The zero-order chi connectivity index (χ0) is 59.9. The SMILES string of the molecule is CCCCCCCCC/C=C\CCCCCCCC(=O)OCCCCCCCCCCCCCC/C=C\CCCCCCCCCCCCCCCCCCC(=O)NC(CO)C(O)/C=C/CCCCCCCCCCCCCCCCCC. The molecule has 0 radical (unpaired) electrons. The molecule has 6 heteroatoms. The standard InChI is InChI=1S/C77H147NO5/c1-3-5-7-9-11-13-15-17-19-21-38-41-45-49-53-57-61-65-69-75(80)74(73-79)78-76(81)70-66-62-58-54-50-46-42-39-36-34-32-30-28-26-24-22-23-25-27-29-31-33-35-37-40-44-48-52-56-60-64-68-72-83-77(82)71-67-63-59-55-51-47-43-20-18-16-14-12-10-8-6-4-2/h20,25,27,43,65,69,74-75,79-80H,3-19,21-24,26,28-42,44-64,66-68,70-73H2,1-2H3,(H,78,81)/b27-25-,43-20-,69-65+. The Kier molecular flexibility index (Phi) is 70.9. The van der Waals surface area contributed by atoms with Gasteiger partial charge in [0.2, 0.25) is 5.91 Å². The van der Waals surface area contributed by atoms with Crippen LogP contribution in [-0.4, -0.2) is 47.4 Å². The molecule has 1 amide bonds. The van der Waals surface area contributed by atoms with Crippen molar-refractivity contribution in [1.29, 1.82) is 0 Å². The minimum absolute atomic E-state index is 0.0111. The van der Waals surface area contributed by atoms with Crippen LogP contribution in [0.15, 0.2) is 36.5 Å². The van der Waals surface area contributed by atoms with E-state index in [9.17, 15) is 19.8 Å². The van der Waals surface area contributed by atoms with E-state index < -0.39 is 12.1 Å². The van der Waals surface area contributed by atoms with Gasteiger partial charge in [-0.05, 0) is 83.5 Å². The number of unbranched alkanes of at least 4 members (excludes halogenated alkanes) is 56. The van der Waals surface area contributed by atoms with Gasteiger partial charge in [0.1, 0.15) is 0 Å². The third kappa shape index (κ3) is 69.1. The van der Waals surface area contributed by atoms with Crippen LogP contribution in [0.25, 0.3) is 0 Å². The molecule has 0 aliphatic carbocycles. The van der Waals surface area contributed by atoms with E-state index in [1.807, 2.05) is 6.08 Å². The summed E-state index contributed by atoms with van der Waals surface area (Å²) >= 11 is 0. The quantitative estimate of drug-likeness (QED) is 0.0320. The van der Waals surface area contributed by atoms with Crippen molar-refractivity contribution < 1.29 is 24.5 Å². The second kappa shape index (κ2) is 72.6. The number of hydrogen-bond acceptors (Lipinski definition) is 5. The third-order valence-electron chi connectivity index (χ3n) is 17.6. The summed E-state index contributed by atoms with van der Waals surface area (Å²) in [6, 6.07) is -0.627. The highest BCUT2D eigenvalue weighted by molar-refractivity contribution is 5.76. The summed E-state index contributed by atoms with van der Waals surface area (Å²) in [6.07, 6.45) is 93.9. The van der Waals surface area contributed by atoms with Gasteiger partial charge in [-0.1, -0.05) is 359 Å². The van der Waals surface area contributed by atoms with E-state index in [1.54, 1.807) is 6.08 Å². The maximum atomic E-state index is 12.5. The fraction of sp³-hybridized carbons (Fsp3) is 0.896. The lowest BCUT2D eigenvalue weighted by Crippen LogP contribution is -2.45. The molecule has 6 nitrogen and oxygen atoms in total. The Hall–Kier alpha value is -1.92. The van der Waals surface area contributed by atoms with Crippen molar-refractivity contribution in [3.63, 3.8) is 0 Å². The maximum absolute atomic E-state index is 12.5. The summed E-state index contributed by atoms with van der Waals surface area (Å²) in [7, 11) is 0. The molecular formula is C77H147NO5. The molecular weight excluding hydrogens is 1020 g/mol. The molecule has 0 aliphatic heterocycles. The molecule has 490 valence electrons. The number of aliphatic hydroxyl groups excluding tert-OH is 2. The molecule has 0 aliphatic rings. The van der Waals surface area contributed by atoms with E-state index in [4.69, 9.17) is 4.74 Å². The monoisotopic (exact) mass is 1170 g/mol. The molecule has 0 fully saturated rings. The number of carbonyl (C=O) groups is 2. The van der Waals surface area contributed by atoms with Crippen molar-refractivity contribution in [3.8, 4) is 0 Å². The molecule has 0 aromatic heterocycles. The lowest BCUT2D eigenvalue weighted by molar-refractivity contribution is -0.143. The topological polar surface area (TPSA) is 95.9 Å². The number of esters is 1. The van der Waals surface area contributed by atoms with E-state index in [1.165, 1.54) is 347 Å². The van der Waals surface area contributed by atoms with Crippen LogP contribution < -0.4 is 5.32 Å². The van der Waals surface area contributed by atoms with Crippen LogP contribution in [0.3, 0.4) is 0 Å². The second-order valence-corrected chi connectivity index (χ2v) is 26.0. The highest BCUT2D eigenvalue weighted by atomic mass is 16.5. The van der Waals surface area contributed by atoms with Gasteiger partial charge in [-0.15, -0.1) is 0 Å². The van der Waals surface area contributed by atoms with Crippen LogP contribution in [-0.2, 0) is 14.3 Å². The Morgan fingerprint density at radius 3 is 0.855 bits per heavy atom. The summed E-state index contributed by atoms with van der Waals surface area (Å²) in [4.78, 5) is 24.6. The molecule has 0 spiro atoms. The number of rotatable bonds is 71. The van der Waals surface area contributed by atoms with Crippen molar-refractivity contribution >= 4 is 11.9 Å². The van der Waals surface area contributed by atoms with Crippen molar-refractivity contribution in [3.05, 3.63) is 36.5 Å². The zero-order valence-electron chi connectivity index (χ0n) is 56.2. The number of amides is 1. The number of hydrogen-bond donors (Lipinski definition) is 3. The van der Waals surface area contributed by atoms with Crippen LogP contribution in [0.4, 0.5) is 0 Å². The first-order chi connectivity index (χ1) is 41.0. The first kappa shape index (κ1) is 81.1. The van der Waals surface area contributed by atoms with Crippen LogP contribution >= 0.6 is 0 Å². The van der Waals surface area contributed by atoms with E-state index in [0.717, 1.165) is 44.9 Å². The van der Waals surface area contributed by atoms with Gasteiger partial charge in [0.25, 0.3) is 0 Å². The Morgan fingerprint density at radius 2 is 0.566 bits per heavy atom. The highest BCUT2D eigenvalue weighted by Gasteiger charge is 2.18. The molecule has 0 bridgehead atoms. The Bertz CT molecular complexity index is 1340. The van der Waals surface area contributed by atoms with Gasteiger partial charge in [0.05, 0.1) is 25.4 Å². The van der Waals surface area contributed by atoms with Crippen LogP contribution in [0.2, 0.25) is 0 Å². The molecule has 2 atom stereocenters. The van der Waals surface area contributed by atoms with E-state index in [2.05, 4.69) is 43.5 Å². The molecule has 3 N–H and O–H groups in total. The van der Waals surface area contributed by atoms with Gasteiger partial charge in [0.15, 0.2) is 0 Å². The van der Waals surface area contributed by atoms with Gasteiger partial charge in [-0.3, -0.25) is 9.59 Å². The number of carbonyl (C=O) groups excluding carboxylic acids is 2. The van der Waals surface area contributed by atoms with E-state index >= 15 is 0 Å². The van der Waals surface area contributed by atoms with E-state index in [0.29, 0.717) is 19.4 Å². The fourth-order valence-electron chi connectivity index (χ4n) is 11.9. The lowest BCUT2D eigenvalue weighted by Gasteiger charge is -2.20. The normalized spacial score (nSPS) is 12.7.